The van der Waals surface area contributed by atoms with Crippen molar-refractivity contribution in [2.45, 2.75) is 57.2 Å². The summed E-state index contributed by atoms with van der Waals surface area (Å²) in [6.45, 7) is 11.6. The molecular weight excluding hydrogens is 400 g/mol. The van der Waals surface area contributed by atoms with Gasteiger partial charge in [0.1, 0.15) is 5.69 Å². The van der Waals surface area contributed by atoms with E-state index in [0.717, 1.165) is 69.4 Å². The Balaban J connectivity index is 1.19. The molecule has 1 unspecified atom stereocenters. The minimum atomic E-state index is -0.0638. The van der Waals surface area contributed by atoms with Crippen molar-refractivity contribution in [1.82, 2.24) is 19.7 Å². The largest absolute Gasteiger partial charge is 0.375 e. The van der Waals surface area contributed by atoms with Crippen molar-refractivity contribution in [3.63, 3.8) is 0 Å². The highest BCUT2D eigenvalue weighted by Gasteiger charge is 2.43. The Labute approximate surface area is 191 Å². The summed E-state index contributed by atoms with van der Waals surface area (Å²) in [5, 5.41) is 1.07. The van der Waals surface area contributed by atoms with E-state index in [1.807, 2.05) is 41.3 Å². The van der Waals surface area contributed by atoms with E-state index in [1.54, 1.807) is 0 Å². The summed E-state index contributed by atoms with van der Waals surface area (Å²) in [4.78, 5) is 25.0. The fraction of sp³-hybridized carbons (Fsp3) is 0.615. The van der Waals surface area contributed by atoms with Crippen molar-refractivity contribution < 1.29 is 9.53 Å². The number of hydrogen-bond acceptors (Lipinski definition) is 5. The van der Waals surface area contributed by atoms with Crippen LogP contribution in [0.4, 0.5) is 0 Å². The van der Waals surface area contributed by atoms with Crippen LogP contribution >= 0.6 is 0 Å². The number of benzene rings is 1. The molecule has 3 aliphatic heterocycles. The predicted octanol–water partition coefficient (Wildman–Crippen LogP) is 3.41. The second kappa shape index (κ2) is 9.08. The average Bonchev–Trinajstić information content (AvgIpc) is 2.84. The number of carbonyl (C=O) groups excluding carboxylic acids is 1. The number of rotatable bonds is 3. The molecule has 3 fully saturated rings. The summed E-state index contributed by atoms with van der Waals surface area (Å²) < 4.78 is 6.39. The topological polar surface area (TPSA) is 48.9 Å². The predicted molar refractivity (Wildman–Crippen MR) is 127 cm³/mol. The Morgan fingerprint density at radius 1 is 1.03 bits per heavy atom. The van der Waals surface area contributed by atoms with Gasteiger partial charge in [-0.25, -0.2) is 4.98 Å². The van der Waals surface area contributed by atoms with E-state index in [2.05, 4.69) is 28.6 Å². The Morgan fingerprint density at radius 2 is 1.78 bits per heavy atom. The van der Waals surface area contributed by atoms with Gasteiger partial charge < -0.3 is 9.64 Å². The number of piperazine rings is 1. The number of amides is 1. The lowest BCUT2D eigenvalue weighted by Crippen LogP contribution is -2.58. The average molecular weight is 437 g/mol. The van der Waals surface area contributed by atoms with Crippen molar-refractivity contribution in [2.24, 2.45) is 0 Å². The van der Waals surface area contributed by atoms with Crippen molar-refractivity contribution >= 4 is 16.8 Å². The van der Waals surface area contributed by atoms with Crippen molar-refractivity contribution in [2.75, 3.05) is 45.9 Å². The smallest absolute Gasteiger partial charge is 0.272 e. The number of fused-ring (bicyclic) bond motifs is 1. The lowest BCUT2D eigenvalue weighted by atomic mass is 9.81. The maximum atomic E-state index is 13.1. The molecule has 0 bridgehead atoms. The monoisotopic (exact) mass is 436 g/mol. The van der Waals surface area contributed by atoms with Crippen LogP contribution in [0.15, 0.2) is 36.4 Å². The fourth-order valence-corrected chi connectivity index (χ4v) is 5.75. The third-order valence-corrected chi connectivity index (χ3v) is 7.84. The van der Waals surface area contributed by atoms with Crippen LogP contribution in [0.2, 0.25) is 0 Å². The Kier molecular flexibility index (Phi) is 6.19. The molecule has 1 spiro atoms. The molecule has 1 amide bonds. The molecule has 2 aromatic rings. The van der Waals surface area contributed by atoms with Gasteiger partial charge in [-0.05, 0) is 51.7 Å². The van der Waals surface area contributed by atoms with Gasteiger partial charge in [0.15, 0.2) is 0 Å². The fourth-order valence-electron chi connectivity index (χ4n) is 5.75. The van der Waals surface area contributed by atoms with Crippen LogP contribution in [-0.2, 0) is 4.74 Å². The second-order valence-corrected chi connectivity index (χ2v) is 10.0. The standard InChI is InChI=1S/C26H36N4O2/c1-20(2)28-14-16-29(17-15-28)22-9-18-32-26(19-22)10-12-30(13-11-26)25(31)24-8-7-21-5-3-4-6-23(21)27-24/h3-8,20,22H,9-19H2,1-2H3. The van der Waals surface area contributed by atoms with Gasteiger partial charge in [0, 0.05) is 63.3 Å². The van der Waals surface area contributed by atoms with Gasteiger partial charge >= 0.3 is 0 Å². The first-order valence-corrected chi connectivity index (χ1v) is 12.3. The first kappa shape index (κ1) is 21.8. The van der Waals surface area contributed by atoms with Gasteiger partial charge in [0.2, 0.25) is 0 Å². The number of aromatic nitrogens is 1. The minimum absolute atomic E-state index is 0.0442. The van der Waals surface area contributed by atoms with Gasteiger partial charge in [0.25, 0.3) is 5.91 Å². The van der Waals surface area contributed by atoms with Crippen LogP contribution in [0.25, 0.3) is 10.9 Å². The van der Waals surface area contributed by atoms with Crippen molar-refractivity contribution in [3.05, 3.63) is 42.1 Å². The molecule has 3 aliphatic rings. The first-order valence-electron chi connectivity index (χ1n) is 12.3. The molecule has 1 aromatic carbocycles. The summed E-state index contributed by atoms with van der Waals surface area (Å²) in [5.74, 6) is 0.0442. The zero-order chi connectivity index (χ0) is 22.1. The summed E-state index contributed by atoms with van der Waals surface area (Å²) in [5.41, 5.74) is 1.36. The SMILES string of the molecule is CC(C)N1CCN(C2CCOC3(CCN(C(=O)c4ccc5ccccc5n4)CC3)C2)CC1. The molecule has 4 heterocycles. The maximum Gasteiger partial charge on any atom is 0.272 e. The van der Waals surface area contributed by atoms with Crippen LogP contribution in [0.1, 0.15) is 50.0 Å². The van der Waals surface area contributed by atoms with E-state index in [-0.39, 0.29) is 11.5 Å². The summed E-state index contributed by atoms with van der Waals surface area (Å²) in [6, 6.07) is 13.1. The molecule has 3 saturated heterocycles. The third-order valence-electron chi connectivity index (χ3n) is 7.84. The number of pyridine rings is 1. The number of para-hydroxylation sites is 1. The number of likely N-dealkylation sites (tertiary alicyclic amines) is 1. The van der Waals surface area contributed by atoms with Gasteiger partial charge in [-0.2, -0.15) is 0 Å². The highest BCUT2D eigenvalue weighted by atomic mass is 16.5. The number of piperidine rings is 1. The zero-order valence-electron chi connectivity index (χ0n) is 19.5. The Hall–Kier alpha value is -2.02. The summed E-state index contributed by atoms with van der Waals surface area (Å²) >= 11 is 0. The molecule has 0 aliphatic carbocycles. The maximum absolute atomic E-state index is 13.1. The van der Waals surface area contributed by atoms with Crippen LogP contribution < -0.4 is 0 Å². The third kappa shape index (κ3) is 4.41. The van der Waals surface area contributed by atoms with Gasteiger partial charge in [-0.3, -0.25) is 14.6 Å². The number of carbonyl (C=O) groups is 1. The van der Waals surface area contributed by atoms with Crippen molar-refractivity contribution in [3.8, 4) is 0 Å². The Morgan fingerprint density at radius 3 is 2.53 bits per heavy atom. The van der Waals surface area contributed by atoms with Crippen molar-refractivity contribution in [1.29, 1.82) is 0 Å². The summed E-state index contributed by atoms with van der Waals surface area (Å²) in [7, 11) is 0. The number of ether oxygens (including phenoxy) is 1. The molecule has 0 saturated carbocycles. The number of nitrogens with zero attached hydrogens (tertiary/aromatic N) is 4. The normalized spacial score (nSPS) is 25.0. The molecule has 6 nitrogen and oxygen atoms in total. The van der Waals surface area contributed by atoms with Gasteiger partial charge in [-0.1, -0.05) is 24.3 Å². The molecule has 1 aromatic heterocycles. The molecule has 32 heavy (non-hydrogen) atoms. The number of hydrogen-bond donors (Lipinski definition) is 0. The lowest BCUT2D eigenvalue weighted by Gasteiger charge is -2.50. The zero-order valence-corrected chi connectivity index (χ0v) is 19.5. The van der Waals surface area contributed by atoms with E-state index in [0.29, 0.717) is 17.8 Å². The van der Waals surface area contributed by atoms with E-state index >= 15 is 0 Å². The molecule has 172 valence electrons. The molecule has 0 radical (unpaired) electrons. The van der Waals surface area contributed by atoms with E-state index in [9.17, 15) is 4.79 Å². The minimum Gasteiger partial charge on any atom is -0.375 e. The van der Waals surface area contributed by atoms with Crippen LogP contribution in [-0.4, -0.2) is 89.2 Å². The molecule has 0 N–H and O–H groups in total. The Bertz CT molecular complexity index is 946. The highest BCUT2D eigenvalue weighted by molar-refractivity contribution is 5.95. The van der Waals surface area contributed by atoms with E-state index in [4.69, 9.17) is 4.74 Å². The van der Waals surface area contributed by atoms with Crippen LogP contribution in [0.3, 0.4) is 0 Å². The molecular formula is C26H36N4O2. The van der Waals surface area contributed by atoms with E-state index < -0.39 is 0 Å². The van der Waals surface area contributed by atoms with Crippen LogP contribution in [0.5, 0.6) is 0 Å². The molecule has 5 rings (SSSR count). The molecule has 6 heteroatoms. The van der Waals surface area contributed by atoms with Gasteiger partial charge in [-0.15, -0.1) is 0 Å². The summed E-state index contributed by atoms with van der Waals surface area (Å²) in [6.07, 6.45) is 4.08. The van der Waals surface area contributed by atoms with E-state index in [1.165, 1.54) is 13.1 Å². The van der Waals surface area contributed by atoms with Crippen LogP contribution in [0, 0.1) is 0 Å². The first-order chi connectivity index (χ1) is 15.5. The van der Waals surface area contributed by atoms with Gasteiger partial charge in [0.05, 0.1) is 11.1 Å². The second-order valence-electron chi connectivity index (χ2n) is 10.0. The highest BCUT2D eigenvalue weighted by Crippen LogP contribution is 2.37. The lowest BCUT2D eigenvalue weighted by molar-refractivity contribution is -0.132. The molecule has 1 atom stereocenters. The quantitative estimate of drug-likeness (QED) is 0.738.